The molecule has 6 heteroatoms. The summed E-state index contributed by atoms with van der Waals surface area (Å²) in [6.07, 6.45) is 0. The molecule has 6 nitrogen and oxygen atoms in total. The van der Waals surface area contributed by atoms with Crippen molar-refractivity contribution < 1.29 is 0 Å². The lowest BCUT2D eigenvalue weighted by molar-refractivity contribution is 1.15. The van der Waals surface area contributed by atoms with Crippen molar-refractivity contribution in [2.45, 2.75) is 0 Å². The molecular formula is C55H32N6. The van der Waals surface area contributed by atoms with Crippen LogP contribution in [0.3, 0.4) is 0 Å². The Labute approximate surface area is 350 Å². The monoisotopic (exact) mass is 776 g/mol. The van der Waals surface area contributed by atoms with Crippen molar-refractivity contribution in [3.8, 4) is 45.6 Å². The van der Waals surface area contributed by atoms with Gasteiger partial charge in [0.2, 0.25) is 5.69 Å². The Morgan fingerprint density at radius 1 is 0.410 bits per heavy atom. The lowest BCUT2D eigenvalue weighted by Gasteiger charge is -2.16. The summed E-state index contributed by atoms with van der Waals surface area (Å²) in [6.45, 7) is 8.29. The van der Waals surface area contributed by atoms with E-state index < -0.39 is 0 Å². The van der Waals surface area contributed by atoms with E-state index in [2.05, 4.69) is 170 Å². The normalized spacial score (nSPS) is 11.6. The van der Waals surface area contributed by atoms with Gasteiger partial charge < -0.3 is 13.7 Å². The van der Waals surface area contributed by atoms with Crippen molar-refractivity contribution in [3.05, 3.63) is 211 Å². The zero-order chi connectivity index (χ0) is 40.6. The van der Waals surface area contributed by atoms with Crippen molar-refractivity contribution in [1.82, 2.24) is 18.7 Å². The number of nitrogens with zero attached hydrogens (tertiary/aromatic N) is 6. The van der Waals surface area contributed by atoms with Crippen LogP contribution in [0.15, 0.2) is 194 Å². The zero-order valence-corrected chi connectivity index (χ0v) is 32.7. The van der Waals surface area contributed by atoms with Gasteiger partial charge in [-0.15, -0.1) is 0 Å². The number of rotatable bonds is 5. The standard InChI is InChI=1S/C55H32N6/c1-57-45-29-28-36(31-55(45)61-52-24-12-6-18-43(52)44-19-7-13-25-53(44)61)47-33-38(59-48-20-8-2-14-39(48)40-15-3-9-21-49(40)59)32-46(58-47)35-26-27-37(34-56)54(30-35)60-50-22-10-4-16-41(50)42-17-5-11-23-51(42)60/h2-33H. The molecule has 4 heterocycles. The van der Waals surface area contributed by atoms with E-state index in [1.807, 2.05) is 48.5 Å². The molecule has 12 rings (SSSR count). The van der Waals surface area contributed by atoms with Crippen LogP contribution in [0.5, 0.6) is 0 Å². The topological polar surface area (TPSA) is 55.8 Å². The minimum Gasteiger partial charge on any atom is -0.319 e. The Morgan fingerprint density at radius 2 is 0.770 bits per heavy atom. The zero-order valence-electron chi connectivity index (χ0n) is 32.7. The van der Waals surface area contributed by atoms with Gasteiger partial charge >= 0.3 is 0 Å². The number of hydrogen-bond donors (Lipinski definition) is 0. The minimum absolute atomic E-state index is 0.553. The highest BCUT2D eigenvalue weighted by Gasteiger charge is 2.20. The van der Waals surface area contributed by atoms with Crippen LogP contribution in [0.1, 0.15) is 5.56 Å². The van der Waals surface area contributed by atoms with E-state index >= 15 is 0 Å². The van der Waals surface area contributed by atoms with E-state index in [9.17, 15) is 5.26 Å². The summed E-state index contributed by atoms with van der Waals surface area (Å²) in [5.74, 6) is 0. The van der Waals surface area contributed by atoms with Gasteiger partial charge in [0.05, 0.1) is 73.7 Å². The molecule has 12 aromatic rings. The second-order valence-electron chi connectivity index (χ2n) is 15.4. The lowest BCUT2D eigenvalue weighted by Crippen LogP contribution is -2.01. The number of para-hydroxylation sites is 6. The van der Waals surface area contributed by atoms with E-state index in [4.69, 9.17) is 11.6 Å². The third-order valence-electron chi connectivity index (χ3n) is 12.1. The molecule has 0 aliphatic heterocycles. The molecular weight excluding hydrogens is 745 g/mol. The first-order valence-corrected chi connectivity index (χ1v) is 20.2. The highest BCUT2D eigenvalue weighted by Crippen LogP contribution is 2.40. The molecule has 0 atom stereocenters. The molecule has 0 aliphatic carbocycles. The summed E-state index contributed by atoms with van der Waals surface area (Å²) in [7, 11) is 0. The van der Waals surface area contributed by atoms with E-state index in [1.165, 1.54) is 10.8 Å². The van der Waals surface area contributed by atoms with Gasteiger partial charge in [-0.1, -0.05) is 127 Å². The maximum atomic E-state index is 10.6. The molecule has 0 bridgehead atoms. The predicted molar refractivity (Wildman–Crippen MR) is 249 cm³/mol. The minimum atomic E-state index is 0.553. The van der Waals surface area contributed by atoms with Crippen molar-refractivity contribution >= 4 is 71.1 Å². The van der Waals surface area contributed by atoms with E-state index in [0.29, 0.717) is 11.3 Å². The fraction of sp³-hybridized carbons (Fsp3) is 0. The number of pyridine rings is 1. The first-order valence-electron chi connectivity index (χ1n) is 20.2. The van der Waals surface area contributed by atoms with Crippen LogP contribution in [0.25, 0.3) is 110 Å². The lowest BCUT2D eigenvalue weighted by atomic mass is 10.0. The summed E-state index contributed by atoms with van der Waals surface area (Å²) < 4.78 is 6.72. The van der Waals surface area contributed by atoms with Crippen molar-refractivity contribution in [3.63, 3.8) is 0 Å². The molecule has 8 aromatic carbocycles. The van der Waals surface area contributed by atoms with Crippen molar-refractivity contribution in [1.29, 1.82) is 5.26 Å². The number of aromatic nitrogens is 4. The van der Waals surface area contributed by atoms with E-state index in [1.54, 1.807) is 0 Å². The maximum absolute atomic E-state index is 10.6. The summed E-state index contributed by atoms with van der Waals surface area (Å²) in [6, 6.07) is 69.3. The van der Waals surface area contributed by atoms with Gasteiger partial charge in [0.25, 0.3) is 0 Å². The van der Waals surface area contributed by atoms with Gasteiger partial charge in [-0.25, -0.2) is 9.83 Å². The summed E-state index contributed by atoms with van der Waals surface area (Å²) >= 11 is 0. The Hall–Kier alpha value is -8.71. The SMILES string of the molecule is [C-]#[N+]c1ccc(-c2cc(-n3c4ccccc4c4ccccc43)cc(-c3ccc(C#N)c(-n4c5ccccc5c5ccccc54)c3)n2)cc1-n1c2ccccc2c2ccccc21. The molecule has 0 spiro atoms. The van der Waals surface area contributed by atoms with Gasteiger partial charge in [-0.3, -0.25) is 0 Å². The van der Waals surface area contributed by atoms with Gasteiger partial charge in [0.15, 0.2) is 0 Å². The molecule has 0 amide bonds. The summed E-state index contributed by atoms with van der Waals surface area (Å²) in [5, 5.41) is 17.4. The first kappa shape index (κ1) is 34.3. The third kappa shape index (κ3) is 5.17. The third-order valence-corrected chi connectivity index (χ3v) is 12.1. The fourth-order valence-corrected chi connectivity index (χ4v) is 9.43. The fourth-order valence-electron chi connectivity index (χ4n) is 9.43. The predicted octanol–water partition coefficient (Wildman–Crippen LogP) is 14.1. The Morgan fingerprint density at radius 3 is 1.18 bits per heavy atom. The van der Waals surface area contributed by atoms with Crippen LogP contribution in [0.4, 0.5) is 5.69 Å². The van der Waals surface area contributed by atoms with Crippen LogP contribution < -0.4 is 0 Å². The Bertz CT molecular complexity index is 3510. The largest absolute Gasteiger partial charge is 0.319 e. The molecule has 4 aromatic heterocycles. The van der Waals surface area contributed by atoms with E-state index in [-0.39, 0.29) is 0 Å². The number of hydrogen-bond acceptors (Lipinski definition) is 2. The van der Waals surface area contributed by atoms with Gasteiger partial charge in [0.1, 0.15) is 6.07 Å². The molecule has 0 unspecified atom stereocenters. The Balaban J connectivity index is 1.14. The average Bonchev–Trinajstić information content (AvgIpc) is 3.97. The molecule has 282 valence electrons. The number of nitriles is 1. The molecule has 61 heavy (non-hydrogen) atoms. The van der Waals surface area contributed by atoms with Crippen LogP contribution in [0, 0.1) is 17.9 Å². The average molecular weight is 777 g/mol. The van der Waals surface area contributed by atoms with Crippen LogP contribution in [-0.2, 0) is 0 Å². The molecule has 0 N–H and O–H groups in total. The van der Waals surface area contributed by atoms with Crippen LogP contribution in [0.2, 0.25) is 0 Å². The van der Waals surface area contributed by atoms with E-state index in [0.717, 1.165) is 94.2 Å². The molecule has 0 fully saturated rings. The smallest absolute Gasteiger partial charge is 0.210 e. The quantitative estimate of drug-likeness (QED) is 0.163. The second-order valence-corrected chi connectivity index (χ2v) is 15.4. The van der Waals surface area contributed by atoms with Gasteiger partial charge in [-0.05, 0) is 72.3 Å². The molecule has 0 saturated carbocycles. The number of fused-ring (bicyclic) bond motifs is 9. The highest BCUT2D eigenvalue weighted by molar-refractivity contribution is 6.11. The maximum Gasteiger partial charge on any atom is 0.210 e. The van der Waals surface area contributed by atoms with Gasteiger partial charge in [-0.2, -0.15) is 5.26 Å². The molecule has 0 aliphatic rings. The number of benzene rings is 8. The molecule has 0 radical (unpaired) electrons. The van der Waals surface area contributed by atoms with Crippen molar-refractivity contribution in [2.24, 2.45) is 0 Å². The highest BCUT2D eigenvalue weighted by atomic mass is 15.0. The van der Waals surface area contributed by atoms with Crippen LogP contribution >= 0.6 is 0 Å². The summed E-state index contributed by atoms with van der Waals surface area (Å²) in [4.78, 5) is 9.49. The summed E-state index contributed by atoms with van der Waals surface area (Å²) in [5.41, 5.74) is 13.2. The molecule has 0 saturated heterocycles. The van der Waals surface area contributed by atoms with Crippen LogP contribution in [-0.4, -0.2) is 18.7 Å². The van der Waals surface area contributed by atoms with Crippen molar-refractivity contribution in [2.75, 3.05) is 0 Å². The first-order chi connectivity index (χ1) is 30.2. The second kappa shape index (κ2) is 13.4. The Kier molecular flexibility index (Phi) is 7.56. The van der Waals surface area contributed by atoms with Gasteiger partial charge in [0, 0.05) is 37.9 Å².